The zero-order chi connectivity index (χ0) is 45.7. The first-order valence-electron chi connectivity index (χ1n) is 22.5. The number of imidazole rings is 2. The molecule has 0 aliphatic carbocycles. The molecule has 13 nitrogen and oxygen atoms in total. The van der Waals surface area contributed by atoms with Crippen LogP contribution in [0.2, 0.25) is 0 Å². The summed E-state index contributed by atoms with van der Waals surface area (Å²) in [4.78, 5) is 67.2. The number of hydrogen-bond donors (Lipinski definition) is 3. The first-order chi connectivity index (χ1) is 31.2. The standard InChI is InChI=1S/C48H54F3N9O4S/c1-26(2)22-40(61)58-20-6-8-38(58)43-53-32-16-12-29(23-34(32)55-43)36-18-19-37(60(36)41-25-52-45(65-41)28-10-14-31(15-11-28)48(49,50)51)30-13-17-33-35(24-30)56-44(54-33)39-9-7-21-59(39)46(62)42(27(3)4)57-47(63)64-5/h10-17,23-27,36-39,42H,6-9,18-22H2,1-5H3,(H,53,55)(H,54,56)(H,57,63)/t36-,37-,38+,39+,42+/m1/s1. The zero-order valence-corrected chi connectivity index (χ0v) is 37.9. The van der Waals surface area contributed by atoms with E-state index in [1.54, 1.807) is 4.90 Å². The van der Waals surface area contributed by atoms with Crippen LogP contribution in [0, 0.1) is 11.8 Å². The van der Waals surface area contributed by atoms with Crippen LogP contribution in [0.25, 0.3) is 32.6 Å². The molecule has 0 spiro atoms. The number of H-pyrrole nitrogens is 2. The number of ether oxygens (including phenoxy) is 1. The van der Waals surface area contributed by atoms with Gasteiger partial charge in [-0.3, -0.25) is 9.59 Å². The van der Waals surface area contributed by atoms with E-state index < -0.39 is 23.9 Å². The van der Waals surface area contributed by atoms with Gasteiger partial charge < -0.3 is 34.7 Å². The highest BCUT2D eigenvalue weighted by atomic mass is 32.1. The lowest BCUT2D eigenvalue weighted by Crippen LogP contribution is -2.51. The number of alkyl carbamates (subject to hydrolysis) is 1. The van der Waals surface area contributed by atoms with Crippen molar-refractivity contribution < 1.29 is 32.3 Å². The molecule has 3 aromatic carbocycles. The molecule has 3 saturated heterocycles. The van der Waals surface area contributed by atoms with Crippen molar-refractivity contribution in [2.45, 2.75) is 109 Å². The molecule has 3 fully saturated rings. The molecule has 0 radical (unpaired) electrons. The SMILES string of the molecule is COC(=O)N[C@H](C(=O)N1CCC[C@H]1c1nc2ccc([C@H]3CC[C@H](c4ccc5nc([C@@H]6CCCN6C(=O)CC(C)C)[nH]c5c4)N3c3cnc(-c4ccc(C(F)(F)F)cc4)s3)cc2[nH]1)C(C)C. The maximum Gasteiger partial charge on any atom is 0.416 e. The molecule has 65 heavy (non-hydrogen) atoms. The third-order valence-electron chi connectivity index (χ3n) is 13.1. The largest absolute Gasteiger partial charge is 0.453 e. The Morgan fingerprint density at radius 1 is 0.800 bits per heavy atom. The molecule has 0 unspecified atom stereocenters. The topological polar surface area (TPSA) is 152 Å². The summed E-state index contributed by atoms with van der Waals surface area (Å²) >= 11 is 1.45. The van der Waals surface area contributed by atoms with Gasteiger partial charge in [-0.2, -0.15) is 13.2 Å². The normalized spacial score (nSPS) is 20.8. The van der Waals surface area contributed by atoms with Crippen LogP contribution in [-0.4, -0.2) is 78.9 Å². The van der Waals surface area contributed by atoms with Crippen LogP contribution >= 0.6 is 11.3 Å². The lowest BCUT2D eigenvalue weighted by Gasteiger charge is -2.31. The van der Waals surface area contributed by atoms with E-state index in [-0.39, 0.29) is 47.8 Å². The van der Waals surface area contributed by atoms with E-state index in [0.29, 0.717) is 29.4 Å². The van der Waals surface area contributed by atoms with Gasteiger partial charge >= 0.3 is 12.3 Å². The van der Waals surface area contributed by atoms with Crippen molar-refractivity contribution in [3.63, 3.8) is 0 Å². The number of aromatic amines is 2. The fourth-order valence-corrected chi connectivity index (χ4v) is 10.9. The van der Waals surface area contributed by atoms with Crippen molar-refractivity contribution in [2.75, 3.05) is 25.1 Å². The maximum atomic E-state index is 13.9. The van der Waals surface area contributed by atoms with Crippen LogP contribution in [-0.2, 0) is 20.5 Å². The van der Waals surface area contributed by atoms with Crippen molar-refractivity contribution in [2.24, 2.45) is 11.8 Å². The number of nitrogens with one attached hydrogen (secondary N) is 3. The second-order valence-corrected chi connectivity index (χ2v) is 19.3. The number of alkyl halides is 3. The van der Waals surface area contributed by atoms with Gasteiger partial charge in [0.05, 0.1) is 65.1 Å². The number of anilines is 1. The van der Waals surface area contributed by atoms with E-state index in [1.165, 1.54) is 30.6 Å². The number of nitrogens with zero attached hydrogens (tertiary/aromatic N) is 6. The van der Waals surface area contributed by atoms with Gasteiger partial charge in [0.25, 0.3) is 0 Å². The van der Waals surface area contributed by atoms with Crippen molar-refractivity contribution in [3.8, 4) is 10.6 Å². The molecule has 3 N–H and O–H groups in total. The van der Waals surface area contributed by atoms with Crippen molar-refractivity contribution in [1.82, 2.24) is 40.0 Å². The highest BCUT2D eigenvalue weighted by molar-refractivity contribution is 7.18. The maximum absolute atomic E-state index is 13.9. The molecule has 9 rings (SSSR count). The zero-order valence-electron chi connectivity index (χ0n) is 37.1. The summed E-state index contributed by atoms with van der Waals surface area (Å²) < 4.78 is 45.2. The van der Waals surface area contributed by atoms with Gasteiger partial charge in [-0.05, 0) is 97.9 Å². The van der Waals surface area contributed by atoms with Crippen molar-refractivity contribution >= 4 is 56.3 Å². The van der Waals surface area contributed by atoms with Crippen LogP contribution < -0.4 is 10.2 Å². The quantitative estimate of drug-likeness (QED) is 0.116. The first-order valence-corrected chi connectivity index (χ1v) is 23.3. The summed E-state index contributed by atoms with van der Waals surface area (Å²) in [7, 11) is 1.28. The predicted octanol–water partition coefficient (Wildman–Crippen LogP) is 10.4. The highest BCUT2D eigenvalue weighted by Crippen LogP contribution is 2.50. The predicted molar refractivity (Wildman–Crippen MR) is 243 cm³/mol. The molecular weight excluding hydrogens is 856 g/mol. The van der Waals surface area contributed by atoms with Crippen LogP contribution in [0.4, 0.5) is 23.0 Å². The van der Waals surface area contributed by atoms with Crippen LogP contribution in [0.5, 0.6) is 0 Å². The van der Waals surface area contributed by atoms with E-state index in [4.69, 9.17) is 19.7 Å². The van der Waals surface area contributed by atoms with Gasteiger partial charge in [-0.25, -0.2) is 19.7 Å². The Morgan fingerprint density at radius 3 is 1.91 bits per heavy atom. The molecule has 0 bridgehead atoms. The third kappa shape index (κ3) is 8.78. The van der Waals surface area contributed by atoms with Gasteiger partial charge in [0.2, 0.25) is 11.8 Å². The molecule has 0 saturated carbocycles. The fourth-order valence-electron chi connectivity index (χ4n) is 9.93. The summed E-state index contributed by atoms with van der Waals surface area (Å²) in [6.45, 7) is 9.16. The highest BCUT2D eigenvalue weighted by Gasteiger charge is 2.40. The summed E-state index contributed by atoms with van der Waals surface area (Å²) in [6.07, 6.45) is 2.15. The number of aromatic nitrogens is 5. The van der Waals surface area contributed by atoms with E-state index in [0.717, 1.165) is 101 Å². The lowest BCUT2D eigenvalue weighted by atomic mass is 10.0. The number of hydrogen-bond acceptors (Lipinski definition) is 9. The summed E-state index contributed by atoms with van der Waals surface area (Å²) in [6, 6.07) is 16.3. The Bertz CT molecular complexity index is 2710. The smallest absolute Gasteiger partial charge is 0.416 e. The number of amides is 3. The Balaban J connectivity index is 1.04. The number of halogens is 3. The number of methoxy groups -OCH3 is 1. The summed E-state index contributed by atoms with van der Waals surface area (Å²) in [5.74, 6) is 1.57. The first kappa shape index (κ1) is 44.2. The van der Waals surface area contributed by atoms with Crippen LogP contribution in [0.3, 0.4) is 0 Å². The van der Waals surface area contributed by atoms with Crippen LogP contribution in [0.1, 0.15) is 125 Å². The Labute approximate surface area is 379 Å². The number of benzene rings is 3. The fraction of sp³-hybridized carbons (Fsp3) is 0.458. The van der Waals surface area contributed by atoms with Gasteiger partial charge in [-0.15, -0.1) is 0 Å². The number of carbonyl (C=O) groups excluding carboxylic acids is 3. The molecule has 342 valence electrons. The Kier molecular flexibility index (Phi) is 12.1. The molecular formula is C48H54F3N9O4S. The van der Waals surface area contributed by atoms with Crippen molar-refractivity contribution in [3.05, 3.63) is 95.2 Å². The Hall–Kier alpha value is -5.97. The van der Waals surface area contributed by atoms with Gasteiger partial charge in [0, 0.05) is 25.1 Å². The number of thiazole rings is 1. The molecule has 6 heterocycles. The van der Waals surface area contributed by atoms with Gasteiger partial charge in [-0.1, -0.05) is 63.3 Å². The lowest BCUT2D eigenvalue weighted by molar-refractivity contribution is -0.137. The number of rotatable bonds is 11. The van der Waals surface area contributed by atoms with Gasteiger partial charge in [0.1, 0.15) is 27.7 Å². The van der Waals surface area contributed by atoms with E-state index >= 15 is 0 Å². The number of fused-ring (bicyclic) bond motifs is 2. The summed E-state index contributed by atoms with van der Waals surface area (Å²) in [5.41, 5.74) is 5.36. The average Bonchev–Trinajstić information content (AvgIpc) is 4.14. The number of likely N-dealkylation sites (tertiary alicyclic amines) is 2. The van der Waals surface area contributed by atoms with Gasteiger partial charge in [0.15, 0.2) is 0 Å². The molecule has 5 atom stereocenters. The second kappa shape index (κ2) is 17.8. The molecule has 3 aliphatic rings. The third-order valence-corrected chi connectivity index (χ3v) is 14.2. The minimum atomic E-state index is -4.44. The monoisotopic (exact) mass is 909 g/mol. The van der Waals surface area contributed by atoms with E-state index in [9.17, 15) is 27.6 Å². The Morgan fingerprint density at radius 2 is 1.37 bits per heavy atom. The molecule has 3 aromatic heterocycles. The minimum Gasteiger partial charge on any atom is -0.453 e. The van der Waals surface area contributed by atoms with E-state index in [2.05, 4.69) is 58.3 Å². The van der Waals surface area contributed by atoms with E-state index in [1.807, 2.05) is 37.1 Å². The average molecular weight is 910 g/mol. The number of carbonyl (C=O) groups is 3. The molecule has 3 amide bonds. The second-order valence-electron chi connectivity index (χ2n) is 18.3. The van der Waals surface area contributed by atoms with Crippen LogP contribution in [0.15, 0.2) is 66.9 Å². The minimum absolute atomic E-state index is 0.0776. The molecule has 17 heteroatoms. The van der Waals surface area contributed by atoms with Crippen molar-refractivity contribution in [1.29, 1.82) is 0 Å². The molecule has 6 aromatic rings. The molecule has 3 aliphatic heterocycles. The summed E-state index contributed by atoms with van der Waals surface area (Å²) in [5, 5.41) is 4.21.